The van der Waals surface area contributed by atoms with Gasteiger partial charge in [-0.05, 0) is 43.2 Å². The molecule has 1 unspecified atom stereocenters. The van der Waals surface area contributed by atoms with Crippen molar-refractivity contribution < 1.29 is 9.47 Å². The van der Waals surface area contributed by atoms with Crippen LogP contribution in [0.15, 0.2) is 47.5 Å². The number of amidine groups is 1. The number of hydrogen-bond donors (Lipinski definition) is 1. The van der Waals surface area contributed by atoms with Crippen molar-refractivity contribution >= 4 is 45.9 Å². The van der Waals surface area contributed by atoms with E-state index in [1.54, 1.807) is 11.8 Å². The van der Waals surface area contributed by atoms with Gasteiger partial charge in [0.25, 0.3) is 0 Å². The number of anilines is 1. The van der Waals surface area contributed by atoms with Gasteiger partial charge in [0.1, 0.15) is 0 Å². The van der Waals surface area contributed by atoms with Crippen molar-refractivity contribution in [3.05, 3.63) is 48.0 Å². The molecule has 7 heteroatoms. The van der Waals surface area contributed by atoms with E-state index in [9.17, 15) is 0 Å². The van der Waals surface area contributed by atoms with Gasteiger partial charge < -0.3 is 14.8 Å². The van der Waals surface area contributed by atoms with Crippen molar-refractivity contribution in [2.75, 3.05) is 17.9 Å². The third-order valence-electron chi connectivity index (χ3n) is 5.13. The van der Waals surface area contributed by atoms with E-state index in [0.29, 0.717) is 6.04 Å². The molecule has 2 aliphatic rings. The van der Waals surface area contributed by atoms with Gasteiger partial charge in [-0.25, -0.2) is 4.98 Å². The number of pyridine rings is 1. The summed E-state index contributed by atoms with van der Waals surface area (Å²) < 4.78 is 11.0. The number of aromatic nitrogens is 1. The molecule has 1 atom stereocenters. The second-order valence-corrected chi connectivity index (χ2v) is 8.07. The van der Waals surface area contributed by atoms with Crippen molar-refractivity contribution in [3.8, 4) is 22.8 Å². The quantitative estimate of drug-likeness (QED) is 0.585. The number of aryl methyl sites for hydroxylation is 1. The Kier molecular flexibility index (Phi) is 5.56. The van der Waals surface area contributed by atoms with Crippen LogP contribution in [0.4, 0.5) is 5.69 Å². The fraction of sp³-hybridized carbons (Fsp3) is 0.273. The summed E-state index contributed by atoms with van der Waals surface area (Å²) in [5, 5.41) is 5.52. The van der Waals surface area contributed by atoms with Crippen molar-refractivity contribution in [2.24, 2.45) is 4.99 Å². The Morgan fingerprint density at radius 3 is 2.59 bits per heavy atom. The molecule has 5 nitrogen and oxygen atoms in total. The molecule has 5 rings (SSSR count). The number of benzene rings is 2. The smallest absolute Gasteiger partial charge is 0.231 e. The number of rotatable bonds is 3. The predicted octanol–water partition coefficient (Wildman–Crippen LogP) is 5.65. The van der Waals surface area contributed by atoms with Gasteiger partial charge in [0.2, 0.25) is 6.79 Å². The Hall–Kier alpha value is -2.44. The summed E-state index contributed by atoms with van der Waals surface area (Å²) >= 11 is 1.79. The molecule has 1 N–H and O–H groups in total. The Morgan fingerprint density at radius 1 is 1.10 bits per heavy atom. The lowest BCUT2D eigenvalue weighted by Gasteiger charge is -2.09. The first kappa shape index (κ1) is 19.9. The summed E-state index contributed by atoms with van der Waals surface area (Å²) in [6, 6.07) is 14.9. The molecule has 0 saturated heterocycles. The number of halogens is 1. The Bertz CT molecular complexity index is 1090. The Morgan fingerprint density at radius 2 is 1.86 bits per heavy atom. The van der Waals surface area contributed by atoms with Crippen molar-refractivity contribution in [1.29, 1.82) is 0 Å². The molecule has 0 bridgehead atoms. The molecule has 0 amide bonds. The minimum atomic E-state index is 0. The van der Waals surface area contributed by atoms with Gasteiger partial charge in [0.05, 0.1) is 17.3 Å². The summed E-state index contributed by atoms with van der Waals surface area (Å²) in [4.78, 5) is 9.54. The van der Waals surface area contributed by atoms with Crippen LogP contribution in [-0.4, -0.2) is 28.7 Å². The minimum Gasteiger partial charge on any atom is -0.454 e. The predicted molar refractivity (Wildman–Crippen MR) is 123 cm³/mol. The molecule has 0 fully saturated rings. The largest absolute Gasteiger partial charge is 0.454 e. The van der Waals surface area contributed by atoms with Gasteiger partial charge >= 0.3 is 0 Å². The first-order valence-electron chi connectivity index (χ1n) is 9.48. The highest BCUT2D eigenvalue weighted by Crippen LogP contribution is 2.37. The van der Waals surface area contributed by atoms with E-state index in [1.807, 2.05) is 12.1 Å². The maximum atomic E-state index is 5.50. The first-order valence-corrected chi connectivity index (χ1v) is 10.5. The van der Waals surface area contributed by atoms with Crippen LogP contribution in [0, 0.1) is 6.92 Å². The number of hydrogen-bond acceptors (Lipinski definition) is 6. The average molecular weight is 428 g/mol. The highest BCUT2D eigenvalue weighted by Gasteiger charge is 2.17. The lowest BCUT2D eigenvalue weighted by atomic mass is 10.0. The van der Waals surface area contributed by atoms with Crippen molar-refractivity contribution in [2.45, 2.75) is 26.3 Å². The van der Waals surface area contributed by atoms with E-state index in [2.05, 4.69) is 49.5 Å². The zero-order chi connectivity index (χ0) is 19.1. The maximum absolute atomic E-state index is 5.50. The average Bonchev–Trinajstić information content (AvgIpc) is 3.36. The second kappa shape index (κ2) is 8.13. The number of nitrogens with zero attached hydrogens (tertiary/aromatic N) is 2. The third kappa shape index (κ3) is 3.87. The highest BCUT2D eigenvalue weighted by atomic mass is 35.5. The summed E-state index contributed by atoms with van der Waals surface area (Å²) in [7, 11) is 0. The molecular weight excluding hydrogens is 406 g/mol. The van der Waals surface area contributed by atoms with E-state index in [4.69, 9.17) is 19.5 Å². The van der Waals surface area contributed by atoms with Crippen LogP contribution in [0.2, 0.25) is 0 Å². The maximum Gasteiger partial charge on any atom is 0.231 e. The third-order valence-corrected chi connectivity index (χ3v) is 6.16. The Labute approximate surface area is 180 Å². The summed E-state index contributed by atoms with van der Waals surface area (Å²) in [6.45, 7) is 4.55. The van der Waals surface area contributed by atoms with Crippen molar-refractivity contribution in [3.63, 3.8) is 0 Å². The number of thioether (sulfide) groups is 1. The molecule has 3 aromatic rings. The molecule has 150 valence electrons. The van der Waals surface area contributed by atoms with E-state index in [1.165, 1.54) is 5.56 Å². The summed E-state index contributed by atoms with van der Waals surface area (Å²) in [5.41, 5.74) is 5.17. The normalized spacial score (nSPS) is 17.2. The zero-order valence-corrected chi connectivity index (χ0v) is 17.9. The van der Waals surface area contributed by atoms with Crippen LogP contribution in [-0.2, 0) is 0 Å². The van der Waals surface area contributed by atoms with E-state index < -0.39 is 0 Å². The summed E-state index contributed by atoms with van der Waals surface area (Å²) in [5.74, 6) is 2.62. The van der Waals surface area contributed by atoms with Gasteiger partial charge in [0.15, 0.2) is 16.7 Å². The molecule has 0 radical (unpaired) electrons. The van der Waals surface area contributed by atoms with Gasteiger partial charge in [-0.15, -0.1) is 12.4 Å². The van der Waals surface area contributed by atoms with Crippen molar-refractivity contribution in [1.82, 2.24) is 4.98 Å². The van der Waals surface area contributed by atoms with Crippen LogP contribution in [0.1, 0.15) is 18.9 Å². The van der Waals surface area contributed by atoms with Crippen LogP contribution < -0.4 is 14.8 Å². The molecule has 1 aromatic heterocycles. The standard InChI is InChI=1S/C22H21N3O2S.ClH/c1-3-15-11-28-22(23-15)24-16-6-4-14(5-7-16)18-8-13(2)17-9-20-21(27-12-26-20)10-19(17)25-18;/h4-10,15H,3,11-12H2,1-2H3,(H,23,24);1H. The SMILES string of the molecule is CCC1CSC(Nc2ccc(-c3cc(C)c4cc5c(cc4n3)OCO5)cc2)=N1.Cl. The monoisotopic (exact) mass is 427 g/mol. The zero-order valence-electron chi connectivity index (χ0n) is 16.3. The molecule has 0 saturated carbocycles. The fourth-order valence-corrected chi connectivity index (χ4v) is 4.55. The highest BCUT2D eigenvalue weighted by molar-refractivity contribution is 8.14. The number of ether oxygens (including phenoxy) is 2. The topological polar surface area (TPSA) is 55.7 Å². The number of fused-ring (bicyclic) bond motifs is 2. The molecular formula is C22H22ClN3O2S. The molecule has 0 aliphatic carbocycles. The van der Waals surface area contributed by atoms with E-state index >= 15 is 0 Å². The molecule has 2 aliphatic heterocycles. The molecule has 29 heavy (non-hydrogen) atoms. The van der Waals surface area contributed by atoms with Gasteiger partial charge in [-0.2, -0.15) is 0 Å². The fourth-order valence-electron chi connectivity index (χ4n) is 3.47. The lowest BCUT2D eigenvalue weighted by Crippen LogP contribution is -2.05. The molecule has 3 heterocycles. The van der Waals surface area contributed by atoms with Gasteiger partial charge in [-0.1, -0.05) is 30.8 Å². The van der Waals surface area contributed by atoms with E-state index in [0.717, 1.165) is 56.7 Å². The lowest BCUT2D eigenvalue weighted by molar-refractivity contribution is 0.174. The molecule has 0 spiro atoms. The number of nitrogens with one attached hydrogen (secondary N) is 1. The van der Waals surface area contributed by atoms with Crippen LogP contribution >= 0.6 is 24.2 Å². The summed E-state index contributed by atoms with van der Waals surface area (Å²) in [6.07, 6.45) is 1.09. The van der Waals surface area contributed by atoms with Crippen LogP contribution in [0.25, 0.3) is 22.2 Å². The van der Waals surface area contributed by atoms with Crippen LogP contribution in [0.5, 0.6) is 11.5 Å². The molecule has 2 aromatic carbocycles. The minimum absolute atomic E-state index is 0. The van der Waals surface area contributed by atoms with Crippen LogP contribution in [0.3, 0.4) is 0 Å². The van der Waals surface area contributed by atoms with Gasteiger partial charge in [0, 0.05) is 28.5 Å². The number of aliphatic imine (C=N–C) groups is 1. The first-order chi connectivity index (χ1) is 13.7. The van der Waals surface area contributed by atoms with E-state index in [-0.39, 0.29) is 19.2 Å². The second-order valence-electron chi connectivity index (χ2n) is 7.06. The Balaban J connectivity index is 0.00000205. The van der Waals surface area contributed by atoms with Gasteiger partial charge in [-0.3, -0.25) is 4.99 Å².